The van der Waals surface area contributed by atoms with Crippen LogP contribution in [0.3, 0.4) is 0 Å². The molecule has 1 aromatic heterocycles. The molecular formula is C23H28N2O. The molecule has 0 amide bonds. The van der Waals surface area contributed by atoms with Crippen molar-refractivity contribution in [1.29, 1.82) is 0 Å². The fourth-order valence-corrected chi connectivity index (χ4v) is 3.35. The molecule has 2 aromatic carbocycles. The van der Waals surface area contributed by atoms with E-state index < -0.39 is 0 Å². The first-order valence-corrected chi connectivity index (χ1v) is 9.27. The molecule has 1 atom stereocenters. The molecule has 0 aliphatic heterocycles. The van der Waals surface area contributed by atoms with E-state index in [0.717, 1.165) is 32.7 Å². The predicted molar refractivity (Wildman–Crippen MR) is 107 cm³/mol. The zero-order valence-corrected chi connectivity index (χ0v) is 15.5. The molecule has 0 saturated carbocycles. The van der Waals surface area contributed by atoms with Gasteiger partial charge in [-0.2, -0.15) is 0 Å². The molecule has 0 N–H and O–H groups in total. The Labute approximate surface area is 156 Å². The average molecular weight is 348 g/mol. The Balaban J connectivity index is 1.76. The van der Waals surface area contributed by atoms with Gasteiger partial charge in [0.2, 0.25) is 0 Å². The lowest BCUT2D eigenvalue weighted by molar-refractivity contribution is 0.152. The van der Waals surface area contributed by atoms with Crippen LogP contribution in [0.25, 0.3) is 0 Å². The maximum absolute atomic E-state index is 5.36. The Hall–Kier alpha value is -2.36. The van der Waals surface area contributed by atoms with Crippen LogP contribution >= 0.6 is 0 Å². The van der Waals surface area contributed by atoms with Crippen LogP contribution in [0.5, 0.6) is 0 Å². The molecule has 3 nitrogen and oxygen atoms in total. The lowest BCUT2D eigenvalue weighted by atomic mass is 10.1. The van der Waals surface area contributed by atoms with Crippen molar-refractivity contribution in [3.05, 3.63) is 96.3 Å². The van der Waals surface area contributed by atoms with Crippen molar-refractivity contribution in [2.45, 2.75) is 25.6 Å². The maximum Gasteiger partial charge on any atom is 0.0482 e. The lowest BCUT2D eigenvalue weighted by Crippen LogP contribution is -2.30. The van der Waals surface area contributed by atoms with Crippen LogP contribution in [0.15, 0.2) is 85.2 Å². The summed E-state index contributed by atoms with van der Waals surface area (Å²) in [6, 6.07) is 26.0. The first-order valence-electron chi connectivity index (χ1n) is 9.27. The summed E-state index contributed by atoms with van der Waals surface area (Å²) >= 11 is 0. The summed E-state index contributed by atoms with van der Waals surface area (Å²) in [6.07, 6.45) is 5.32. The molecular weight excluding hydrogens is 320 g/mol. The molecule has 0 unspecified atom stereocenters. The summed E-state index contributed by atoms with van der Waals surface area (Å²) in [5.74, 6) is 0. The van der Waals surface area contributed by atoms with Crippen molar-refractivity contribution in [2.75, 3.05) is 20.3 Å². The number of hydrogen-bond acceptors (Lipinski definition) is 2. The van der Waals surface area contributed by atoms with Gasteiger partial charge in [-0.25, -0.2) is 0 Å². The first kappa shape index (κ1) is 18.4. The van der Waals surface area contributed by atoms with Crippen LogP contribution in [0.1, 0.15) is 23.6 Å². The van der Waals surface area contributed by atoms with Gasteiger partial charge >= 0.3 is 0 Å². The van der Waals surface area contributed by atoms with Crippen LogP contribution in [-0.2, 0) is 17.8 Å². The number of ether oxygens (including phenoxy) is 1. The summed E-state index contributed by atoms with van der Waals surface area (Å²) in [5, 5.41) is 0. The van der Waals surface area contributed by atoms with Crippen LogP contribution < -0.4 is 0 Å². The number of rotatable bonds is 10. The number of nitrogens with zero attached hydrogens (tertiary/aromatic N) is 2. The summed E-state index contributed by atoms with van der Waals surface area (Å²) in [6.45, 7) is 3.65. The van der Waals surface area contributed by atoms with Gasteiger partial charge in [-0.3, -0.25) is 4.90 Å². The molecule has 3 aromatic rings. The van der Waals surface area contributed by atoms with Gasteiger partial charge in [0.1, 0.15) is 0 Å². The van der Waals surface area contributed by atoms with E-state index in [1.165, 1.54) is 11.1 Å². The van der Waals surface area contributed by atoms with Gasteiger partial charge in [-0.15, -0.1) is 0 Å². The van der Waals surface area contributed by atoms with E-state index in [9.17, 15) is 0 Å². The summed E-state index contributed by atoms with van der Waals surface area (Å²) in [7, 11) is 1.78. The monoisotopic (exact) mass is 348 g/mol. The largest absolute Gasteiger partial charge is 0.385 e. The number of methoxy groups -OCH3 is 1. The van der Waals surface area contributed by atoms with Gasteiger partial charge < -0.3 is 9.30 Å². The second kappa shape index (κ2) is 9.95. The Morgan fingerprint density at radius 1 is 0.808 bits per heavy atom. The van der Waals surface area contributed by atoms with E-state index in [1.54, 1.807) is 7.11 Å². The zero-order valence-electron chi connectivity index (χ0n) is 15.5. The fraction of sp³-hybridized carbons (Fsp3) is 0.304. The second-order valence-corrected chi connectivity index (χ2v) is 6.71. The first-order chi connectivity index (χ1) is 12.8. The van der Waals surface area contributed by atoms with Crippen molar-refractivity contribution >= 4 is 0 Å². The number of benzene rings is 2. The molecule has 0 aliphatic carbocycles. The minimum Gasteiger partial charge on any atom is -0.385 e. The number of hydrogen-bond donors (Lipinski definition) is 0. The third-order valence-corrected chi connectivity index (χ3v) is 4.67. The quantitative estimate of drug-likeness (QED) is 0.525. The third kappa shape index (κ3) is 5.58. The van der Waals surface area contributed by atoms with E-state index in [0.29, 0.717) is 6.04 Å². The molecule has 0 fully saturated rings. The lowest BCUT2D eigenvalue weighted by Gasteiger charge is -2.29. The summed E-state index contributed by atoms with van der Waals surface area (Å²) < 4.78 is 7.66. The van der Waals surface area contributed by atoms with Crippen molar-refractivity contribution in [3.8, 4) is 0 Å². The van der Waals surface area contributed by atoms with Gasteiger partial charge in [-0.1, -0.05) is 60.7 Å². The van der Waals surface area contributed by atoms with Gasteiger partial charge in [0, 0.05) is 51.8 Å². The highest BCUT2D eigenvalue weighted by molar-refractivity contribution is 5.17. The minimum absolute atomic E-state index is 0.400. The van der Waals surface area contributed by atoms with E-state index in [1.807, 2.05) is 0 Å². The average Bonchev–Trinajstić information content (AvgIpc) is 3.21. The molecule has 0 bridgehead atoms. The van der Waals surface area contributed by atoms with Crippen molar-refractivity contribution < 1.29 is 4.74 Å². The molecule has 3 heteroatoms. The molecule has 136 valence electrons. The number of aromatic nitrogens is 1. The molecule has 0 aliphatic rings. The van der Waals surface area contributed by atoms with E-state index >= 15 is 0 Å². The van der Waals surface area contributed by atoms with Gasteiger partial charge in [0.25, 0.3) is 0 Å². The SMILES string of the molecule is COCC[C@H](CN(Cc1ccccc1)Cc1ccccc1)n1cccc1. The highest BCUT2D eigenvalue weighted by Crippen LogP contribution is 2.18. The molecule has 26 heavy (non-hydrogen) atoms. The maximum atomic E-state index is 5.36. The topological polar surface area (TPSA) is 17.4 Å². The van der Waals surface area contributed by atoms with E-state index in [2.05, 4.69) is 94.7 Å². The Morgan fingerprint density at radius 2 is 1.35 bits per heavy atom. The zero-order chi connectivity index (χ0) is 18.0. The molecule has 3 rings (SSSR count). The van der Waals surface area contributed by atoms with Crippen molar-refractivity contribution in [2.24, 2.45) is 0 Å². The second-order valence-electron chi connectivity index (χ2n) is 6.71. The minimum atomic E-state index is 0.400. The van der Waals surface area contributed by atoms with Gasteiger partial charge in [0.05, 0.1) is 0 Å². The van der Waals surface area contributed by atoms with Crippen LogP contribution in [0, 0.1) is 0 Å². The molecule has 0 spiro atoms. The normalized spacial score (nSPS) is 12.4. The van der Waals surface area contributed by atoms with Gasteiger partial charge in [0.15, 0.2) is 0 Å². The fourth-order valence-electron chi connectivity index (χ4n) is 3.35. The standard InChI is InChI=1S/C23H28N2O/c1-26-17-14-23(25-15-8-9-16-25)20-24(18-21-10-4-2-5-11-21)19-22-12-6-3-7-13-22/h2-13,15-16,23H,14,17-20H2,1H3/t23-/m1/s1. The van der Waals surface area contributed by atoms with Crippen LogP contribution in [0.4, 0.5) is 0 Å². The Kier molecular flexibility index (Phi) is 7.05. The smallest absolute Gasteiger partial charge is 0.0482 e. The van der Waals surface area contributed by atoms with Crippen molar-refractivity contribution in [3.63, 3.8) is 0 Å². The molecule has 0 saturated heterocycles. The van der Waals surface area contributed by atoms with Crippen LogP contribution in [0.2, 0.25) is 0 Å². The third-order valence-electron chi connectivity index (χ3n) is 4.67. The summed E-state index contributed by atoms with van der Waals surface area (Å²) in [5.41, 5.74) is 2.70. The predicted octanol–water partition coefficient (Wildman–Crippen LogP) is 4.77. The highest BCUT2D eigenvalue weighted by Gasteiger charge is 2.16. The Morgan fingerprint density at radius 3 is 1.85 bits per heavy atom. The van der Waals surface area contributed by atoms with Gasteiger partial charge in [-0.05, 0) is 29.7 Å². The van der Waals surface area contributed by atoms with Crippen molar-refractivity contribution in [1.82, 2.24) is 9.47 Å². The van der Waals surface area contributed by atoms with Crippen LogP contribution in [-0.4, -0.2) is 29.7 Å². The molecule has 0 radical (unpaired) electrons. The molecule has 1 heterocycles. The van der Waals surface area contributed by atoms with E-state index in [4.69, 9.17) is 4.74 Å². The summed E-state index contributed by atoms with van der Waals surface area (Å²) in [4.78, 5) is 2.53. The Bertz CT molecular complexity index is 684. The van der Waals surface area contributed by atoms with E-state index in [-0.39, 0.29) is 0 Å². The highest BCUT2D eigenvalue weighted by atomic mass is 16.5.